The number of aromatic amines is 1. The van der Waals surface area contributed by atoms with E-state index in [1.54, 1.807) is 6.20 Å². The van der Waals surface area contributed by atoms with Crippen LogP contribution in [0.5, 0.6) is 0 Å². The van der Waals surface area contributed by atoms with E-state index in [1.165, 1.54) is 0 Å². The molecule has 1 aromatic rings. The standard InChI is InChI=1S/C11H15N3O/c15-11(9-2-1-4-13-9)14-5-3-8-6-12-7-10(8)14/h1-2,4,8,10,12-13H,3,5-7H2/t8-,10+/m0/s1. The Hall–Kier alpha value is -1.29. The second-order valence-electron chi connectivity index (χ2n) is 4.36. The van der Waals surface area contributed by atoms with Gasteiger partial charge in [0.2, 0.25) is 0 Å². The Morgan fingerprint density at radius 1 is 1.47 bits per heavy atom. The maximum absolute atomic E-state index is 12.1. The van der Waals surface area contributed by atoms with E-state index < -0.39 is 0 Å². The summed E-state index contributed by atoms with van der Waals surface area (Å²) in [6.45, 7) is 2.94. The molecule has 4 nitrogen and oxygen atoms in total. The predicted octanol–water partition coefficient (Wildman–Crippen LogP) is 0.449. The highest BCUT2D eigenvalue weighted by atomic mass is 16.2. The predicted molar refractivity (Wildman–Crippen MR) is 56.6 cm³/mol. The normalized spacial score (nSPS) is 29.5. The van der Waals surface area contributed by atoms with Gasteiger partial charge in [-0.15, -0.1) is 0 Å². The fourth-order valence-electron chi connectivity index (χ4n) is 2.72. The molecule has 4 heteroatoms. The Bertz CT molecular complexity index is 360. The van der Waals surface area contributed by atoms with Gasteiger partial charge in [0.05, 0.1) is 0 Å². The van der Waals surface area contributed by atoms with Crippen LogP contribution in [0.2, 0.25) is 0 Å². The monoisotopic (exact) mass is 205 g/mol. The lowest BCUT2D eigenvalue weighted by atomic mass is 10.1. The number of carbonyl (C=O) groups excluding carboxylic acids is 1. The molecule has 2 fully saturated rings. The molecule has 2 N–H and O–H groups in total. The quantitative estimate of drug-likeness (QED) is 0.699. The molecule has 1 amide bonds. The van der Waals surface area contributed by atoms with Gasteiger partial charge in [0.25, 0.3) is 5.91 Å². The fourth-order valence-corrected chi connectivity index (χ4v) is 2.72. The lowest BCUT2D eigenvalue weighted by Gasteiger charge is -2.22. The van der Waals surface area contributed by atoms with Crippen LogP contribution < -0.4 is 5.32 Å². The van der Waals surface area contributed by atoms with Crippen molar-refractivity contribution in [3.8, 4) is 0 Å². The molecule has 0 unspecified atom stereocenters. The van der Waals surface area contributed by atoms with E-state index in [9.17, 15) is 4.79 Å². The van der Waals surface area contributed by atoms with Crippen molar-refractivity contribution in [1.82, 2.24) is 15.2 Å². The van der Waals surface area contributed by atoms with E-state index in [0.29, 0.717) is 17.7 Å². The maximum atomic E-state index is 12.1. The molecule has 0 aliphatic carbocycles. The van der Waals surface area contributed by atoms with E-state index in [4.69, 9.17) is 0 Å². The number of hydrogen-bond acceptors (Lipinski definition) is 2. The van der Waals surface area contributed by atoms with Gasteiger partial charge in [-0.05, 0) is 24.5 Å². The third-order valence-corrected chi connectivity index (χ3v) is 3.53. The van der Waals surface area contributed by atoms with Gasteiger partial charge in [0, 0.05) is 31.9 Å². The molecule has 1 aromatic heterocycles. The number of fused-ring (bicyclic) bond motifs is 1. The van der Waals surface area contributed by atoms with E-state index in [-0.39, 0.29) is 5.91 Å². The van der Waals surface area contributed by atoms with Crippen LogP contribution in [0.1, 0.15) is 16.9 Å². The van der Waals surface area contributed by atoms with E-state index >= 15 is 0 Å². The Morgan fingerprint density at radius 2 is 2.40 bits per heavy atom. The zero-order valence-corrected chi connectivity index (χ0v) is 8.57. The average Bonchev–Trinajstić information content (AvgIpc) is 2.94. The van der Waals surface area contributed by atoms with Crippen LogP contribution >= 0.6 is 0 Å². The molecule has 80 valence electrons. The van der Waals surface area contributed by atoms with Crippen molar-refractivity contribution in [2.45, 2.75) is 12.5 Å². The molecular weight excluding hydrogens is 190 g/mol. The molecular formula is C11H15N3O. The maximum Gasteiger partial charge on any atom is 0.270 e. The lowest BCUT2D eigenvalue weighted by Crippen LogP contribution is -2.39. The van der Waals surface area contributed by atoms with Crippen molar-refractivity contribution >= 4 is 5.91 Å². The summed E-state index contributed by atoms with van der Waals surface area (Å²) in [5.41, 5.74) is 0.711. The first-order valence-electron chi connectivity index (χ1n) is 5.51. The van der Waals surface area contributed by atoms with Gasteiger partial charge >= 0.3 is 0 Å². The van der Waals surface area contributed by atoms with Crippen molar-refractivity contribution in [3.63, 3.8) is 0 Å². The van der Waals surface area contributed by atoms with Gasteiger partial charge in [0.15, 0.2) is 0 Å². The molecule has 2 saturated heterocycles. The van der Waals surface area contributed by atoms with Crippen LogP contribution in [0.15, 0.2) is 18.3 Å². The molecule has 0 aromatic carbocycles. The second-order valence-corrected chi connectivity index (χ2v) is 4.36. The molecule has 2 aliphatic heterocycles. The minimum Gasteiger partial charge on any atom is -0.357 e. The smallest absolute Gasteiger partial charge is 0.270 e. The number of likely N-dealkylation sites (tertiary alicyclic amines) is 1. The minimum atomic E-state index is 0.149. The summed E-state index contributed by atoms with van der Waals surface area (Å²) in [4.78, 5) is 17.1. The van der Waals surface area contributed by atoms with E-state index in [1.807, 2.05) is 17.0 Å². The number of amides is 1. The molecule has 0 bridgehead atoms. The highest BCUT2D eigenvalue weighted by molar-refractivity contribution is 5.92. The Labute approximate surface area is 88.7 Å². The molecule has 2 atom stereocenters. The van der Waals surface area contributed by atoms with Crippen molar-refractivity contribution in [1.29, 1.82) is 0 Å². The summed E-state index contributed by atoms with van der Waals surface area (Å²) >= 11 is 0. The van der Waals surface area contributed by atoms with Crippen molar-refractivity contribution in [2.24, 2.45) is 5.92 Å². The number of carbonyl (C=O) groups is 1. The van der Waals surface area contributed by atoms with Crippen molar-refractivity contribution < 1.29 is 4.79 Å². The van der Waals surface area contributed by atoms with Gasteiger partial charge in [-0.25, -0.2) is 0 Å². The number of hydrogen-bond donors (Lipinski definition) is 2. The summed E-state index contributed by atoms with van der Waals surface area (Å²) in [6.07, 6.45) is 2.94. The van der Waals surface area contributed by atoms with Crippen LogP contribution in [-0.4, -0.2) is 41.5 Å². The molecule has 3 rings (SSSR count). The van der Waals surface area contributed by atoms with E-state index in [0.717, 1.165) is 26.1 Å². The van der Waals surface area contributed by atoms with Crippen LogP contribution in [0, 0.1) is 5.92 Å². The summed E-state index contributed by atoms with van der Waals surface area (Å²) in [7, 11) is 0. The van der Waals surface area contributed by atoms with Crippen LogP contribution in [0.3, 0.4) is 0 Å². The van der Waals surface area contributed by atoms with E-state index in [2.05, 4.69) is 10.3 Å². The largest absolute Gasteiger partial charge is 0.357 e. The number of nitrogens with zero attached hydrogens (tertiary/aromatic N) is 1. The Kier molecular flexibility index (Phi) is 2.02. The zero-order chi connectivity index (χ0) is 10.3. The zero-order valence-electron chi connectivity index (χ0n) is 8.57. The summed E-state index contributed by atoms with van der Waals surface area (Å²) in [5, 5.41) is 3.35. The summed E-state index contributed by atoms with van der Waals surface area (Å²) < 4.78 is 0. The van der Waals surface area contributed by atoms with Crippen LogP contribution in [-0.2, 0) is 0 Å². The first-order chi connectivity index (χ1) is 7.36. The topological polar surface area (TPSA) is 48.1 Å². The van der Waals surface area contributed by atoms with Crippen molar-refractivity contribution in [2.75, 3.05) is 19.6 Å². The van der Waals surface area contributed by atoms with Crippen LogP contribution in [0.4, 0.5) is 0 Å². The number of nitrogens with one attached hydrogen (secondary N) is 2. The van der Waals surface area contributed by atoms with Gasteiger partial charge in [-0.3, -0.25) is 4.79 Å². The summed E-state index contributed by atoms with van der Waals surface area (Å²) in [5.74, 6) is 0.820. The van der Waals surface area contributed by atoms with Crippen LogP contribution in [0.25, 0.3) is 0 Å². The molecule has 0 spiro atoms. The fraction of sp³-hybridized carbons (Fsp3) is 0.545. The Morgan fingerprint density at radius 3 is 3.20 bits per heavy atom. The molecule has 0 radical (unpaired) electrons. The van der Waals surface area contributed by atoms with Gasteiger partial charge in [0.1, 0.15) is 5.69 Å². The second kappa shape index (κ2) is 3.38. The third kappa shape index (κ3) is 1.36. The highest BCUT2D eigenvalue weighted by Crippen LogP contribution is 2.28. The molecule has 2 aliphatic rings. The first kappa shape index (κ1) is 8.97. The Balaban J connectivity index is 1.80. The molecule has 3 heterocycles. The third-order valence-electron chi connectivity index (χ3n) is 3.53. The molecule has 0 saturated carbocycles. The summed E-state index contributed by atoms with van der Waals surface area (Å²) in [6, 6.07) is 4.13. The van der Waals surface area contributed by atoms with Gasteiger partial charge < -0.3 is 15.2 Å². The number of H-pyrrole nitrogens is 1. The number of aromatic nitrogens is 1. The first-order valence-corrected chi connectivity index (χ1v) is 5.51. The van der Waals surface area contributed by atoms with Gasteiger partial charge in [-0.2, -0.15) is 0 Å². The minimum absolute atomic E-state index is 0.149. The average molecular weight is 205 g/mol. The molecule has 15 heavy (non-hydrogen) atoms. The highest BCUT2D eigenvalue weighted by Gasteiger charge is 2.40. The van der Waals surface area contributed by atoms with Crippen molar-refractivity contribution in [3.05, 3.63) is 24.0 Å². The SMILES string of the molecule is O=C(c1ccc[nH]1)N1CC[C@H]2CNC[C@H]21. The van der Waals surface area contributed by atoms with Gasteiger partial charge in [-0.1, -0.05) is 0 Å². The lowest BCUT2D eigenvalue weighted by molar-refractivity contribution is 0.0732. The number of rotatable bonds is 1.